The fraction of sp³-hybridized carbons (Fsp3) is 0.600. The quantitative estimate of drug-likeness (QED) is 0.812. The lowest BCUT2D eigenvalue weighted by Gasteiger charge is -2.22. The number of hydrogen-bond acceptors (Lipinski definition) is 3. The highest BCUT2D eigenvalue weighted by Gasteiger charge is 2.18. The molecule has 5 heteroatoms. The summed E-state index contributed by atoms with van der Waals surface area (Å²) in [7, 11) is 0. The van der Waals surface area contributed by atoms with Crippen molar-refractivity contribution in [2.45, 2.75) is 31.9 Å². The van der Waals surface area contributed by atoms with E-state index in [4.69, 9.17) is 9.84 Å². The molecule has 0 radical (unpaired) electrons. The minimum Gasteiger partial charge on any atom is -0.477 e. The number of carboxylic acids is 1. The van der Waals surface area contributed by atoms with Crippen LogP contribution in [0.25, 0.3) is 0 Å². The van der Waals surface area contributed by atoms with Crippen LogP contribution in [0.1, 0.15) is 29.8 Å². The first-order valence-corrected chi connectivity index (χ1v) is 5.14. The second kappa shape index (κ2) is 4.44. The zero-order chi connectivity index (χ0) is 10.7. The maximum atomic E-state index is 10.8. The molecule has 0 bridgehead atoms. The summed E-state index contributed by atoms with van der Waals surface area (Å²) in [6.45, 7) is 1.31. The molecule has 1 aromatic heterocycles. The molecule has 1 aromatic rings. The maximum Gasteiger partial charge on any atom is 0.354 e. The summed E-state index contributed by atoms with van der Waals surface area (Å²) in [5.74, 6) is -0.941. The van der Waals surface area contributed by atoms with E-state index >= 15 is 0 Å². The highest BCUT2D eigenvalue weighted by Crippen LogP contribution is 2.14. The van der Waals surface area contributed by atoms with Crippen molar-refractivity contribution in [1.82, 2.24) is 9.78 Å². The van der Waals surface area contributed by atoms with Crippen molar-refractivity contribution in [3.8, 4) is 0 Å². The first kappa shape index (κ1) is 10.2. The van der Waals surface area contributed by atoms with Crippen LogP contribution in [0.5, 0.6) is 0 Å². The molecule has 2 heterocycles. The Kier molecular flexibility index (Phi) is 3.01. The highest BCUT2D eigenvalue weighted by atomic mass is 16.5. The second-order valence-corrected chi connectivity index (χ2v) is 3.69. The minimum atomic E-state index is -0.941. The molecule has 82 valence electrons. The number of carboxylic acid groups (broad SMARTS) is 1. The molecule has 0 aromatic carbocycles. The van der Waals surface area contributed by atoms with Crippen molar-refractivity contribution < 1.29 is 14.6 Å². The third kappa shape index (κ3) is 2.36. The van der Waals surface area contributed by atoms with Gasteiger partial charge in [0.25, 0.3) is 0 Å². The number of ether oxygens (including phenoxy) is 1. The lowest BCUT2D eigenvalue weighted by atomic mass is 10.1. The summed E-state index contributed by atoms with van der Waals surface area (Å²) >= 11 is 0. The Hall–Kier alpha value is -1.36. The average molecular weight is 210 g/mol. The molecule has 1 unspecified atom stereocenters. The summed E-state index contributed by atoms with van der Waals surface area (Å²) in [5.41, 5.74) is 0.226. The molecule has 1 atom stereocenters. The molecule has 0 saturated carbocycles. The number of hydrogen-bond donors (Lipinski definition) is 1. The number of nitrogens with zero attached hydrogens (tertiary/aromatic N) is 2. The number of aromatic carboxylic acids is 1. The van der Waals surface area contributed by atoms with Crippen LogP contribution in [0.2, 0.25) is 0 Å². The van der Waals surface area contributed by atoms with Gasteiger partial charge in [0.05, 0.1) is 12.6 Å². The molecule has 2 rings (SSSR count). The van der Waals surface area contributed by atoms with Crippen LogP contribution in [0.15, 0.2) is 12.3 Å². The summed E-state index contributed by atoms with van der Waals surface area (Å²) in [6, 6.07) is 1.51. The third-order valence-corrected chi connectivity index (χ3v) is 2.59. The van der Waals surface area contributed by atoms with Gasteiger partial charge in [-0.3, -0.25) is 4.68 Å². The van der Waals surface area contributed by atoms with E-state index in [1.165, 1.54) is 16.9 Å². The molecule has 1 fully saturated rings. The van der Waals surface area contributed by atoms with Crippen LogP contribution >= 0.6 is 0 Å². The van der Waals surface area contributed by atoms with Gasteiger partial charge in [-0.2, -0.15) is 5.10 Å². The highest BCUT2D eigenvalue weighted by molar-refractivity contribution is 5.85. The summed E-state index contributed by atoms with van der Waals surface area (Å²) < 4.78 is 7.03. The molecule has 1 aliphatic heterocycles. The van der Waals surface area contributed by atoms with Crippen molar-refractivity contribution in [3.05, 3.63) is 18.0 Å². The molecular weight excluding hydrogens is 196 g/mol. The first-order valence-electron chi connectivity index (χ1n) is 5.14. The lowest BCUT2D eigenvalue weighted by Crippen LogP contribution is -2.26. The molecule has 1 aliphatic rings. The van der Waals surface area contributed by atoms with Crippen molar-refractivity contribution in [2.75, 3.05) is 6.61 Å². The largest absolute Gasteiger partial charge is 0.477 e. The van der Waals surface area contributed by atoms with Gasteiger partial charge >= 0.3 is 5.97 Å². The zero-order valence-corrected chi connectivity index (χ0v) is 8.43. The smallest absolute Gasteiger partial charge is 0.354 e. The van der Waals surface area contributed by atoms with Crippen LogP contribution in [0, 0.1) is 0 Å². The van der Waals surface area contributed by atoms with E-state index in [-0.39, 0.29) is 11.8 Å². The van der Waals surface area contributed by atoms with Gasteiger partial charge < -0.3 is 9.84 Å². The Morgan fingerprint density at radius 3 is 3.20 bits per heavy atom. The zero-order valence-electron chi connectivity index (χ0n) is 8.43. The van der Waals surface area contributed by atoms with E-state index in [1.807, 2.05) is 0 Å². The second-order valence-electron chi connectivity index (χ2n) is 3.69. The van der Waals surface area contributed by atoms with Gasteiger partial charge in [-0.25, -0.2) is 4.79 Å². The van der Waals surface area contributed by atoms with Gasteiger partial charge in [0.2, 0.25) is 0 Å². The minimum absolute atomic E-state index is 0.108. The summed E-state index contributed by atoms with van der Waals surface area (Å²) in [5, 5.41) is 12.9. The Bertz CT molecular complexity index is 342. The molecule has 15 heavy (non-hydrogen) atoms. The van der Waals surface area contributed by atoms with Crippen LogP contribution < -0.4 is 0 Å². The topological polar surface area (TPSA) is 64.3 Å². The molecule has 1 saturated heterocycles. The molecule has 0 aliphatic carbocycles. The molecule has 0 spiro atoms. The van der Waals surface area contributed by atoms with Crippen molar-refractivity contribution in [3.63, 3.8) is 0 Å². The fourth-order valence-electron chi connectivity index (χ4n) is 1.80. The van der Waals surface area contributed by atoms with Gasteiger partial charge in [-0.15, -0.1) is 0 Å². The Balaban J connectivity index is 2.03. The standard InChI is InChI=1S/C10H14N2O3/c13-10(14)9-4-5-11-12(9)7-8-3-1-2-6-15-8/h4-5,8H,1-3,6-7H2,(H,13,14). The summed E-state index contributed by atoms with van der Waals surface area (Å²) in [6.07, 6.45) is 4.85. The van der Waals surface area contributed by atoms with E-state index in [9.17, 15) is 4.79 Å². The van der Waals surface area contributed by atoms with Gasteiger partial charge in [0, 0.05) is 12.8 Å². The van der Waals surface area contributed by atoms with E-state index in [0.717, 1.165) is 25.9 Å². The van der Waals surface area contributed by atoms with Crippen LogP contribution in [-0.4, -0.2) is 33.6 Å². The Morgan fingerprint density at radius 1 is 1.67 bits per heavy atom. The Morgan fingerprint density at radius 2 is 2.53 bits per heavy atom. The number of rotatable bonds is 3. The number of carbonyl (C=O) groups is 1. The maximum absolute atomic E-state index is 10.8. The molecular formula is C10H14N2O3. The van der Waals surface area contributed by atoms with Crippen molar-refractivity contribution >= 4 is 5.97 Å². The third-order valence-electron chi connectivity index (χ3n) is 2.59. The normalized spacial score (nSPS) is 21.5. The van der Waals surface area contributed by atoms with Gasteiger partial charge in [0.15, 0.2) is 0 Å². The fourth-order valence-corrected chi connectivity index (χ4v) is 1.80. The molecule has 1 N–H and O–H groups in total. The lowest BCUT2D eigenvalue weighted by molar-refractivity contribution is 0.00331. The monoisotopic (exact) mass is 210 g/mol. The van der Waals surface area contributed by atoms with Gasteiger partial charge in [-0.05, 0) is 25.3 Å². The first-order chi connectivity index (χ1) is 7.27. The Labute approximate surface area is 87.7 Å². The van der Waals surface area contributed by atoms with E-state index in [2.05, 4.69) is 5.10 Å². The summed E-state index contributed by atoms with van der Waals surface area (Å²) in [4.78, 5) is 10.8. The van der Waals surface area contributed by atoms with E-state index in [0.29, 0.717) is 6.54 Å². The predicted molar refractivity (Wildman–Crippen MR) is 52.8 cm³/mol. The van der Waals surface area contributed by atoms with Gasteiger partial charge in [0.1, 0.15) is 5.69 Å². The molecule has 5 nitrogen and oxygen atoms in total. The molecule has 0 amide bonds. The van der Waals surface area contributed by atoms with Crippen molar-refractivity contribution in [2.24, 2.45) is 0 Å². The predicted octanol–water partition coefficient (Wildman–Crippen LogP) is 1.15. The van der Waals surface area contributed by atoms with Gasteiger partial charge in [-0.1, -0.05) is 0 Å². The van der Waals surface area contributed by atoms with Crippen molar-refractivity contribution in [1.29, 1.82) is 0 Å². The van der Waals surface area contributed by atoms with E-state index in [1.54, 1.807) is 0 Å². The SMILES string of the molecule is O=C(O)c1ccnn1CC1CCCCO1. The van der Waals surface area contributed by atoms with E-state index < -0.39 is 5.97 Å². The van der Waals surface area contributed by atoms with Crippen LogP contribution in [0.3, 0.4) is 0 Å². The average Bonchev–Trinajstić information content (AvgIpc) is 2.67. The van der Waals surface area contributed by atoms with Crippen LogP contribution in [-0.2, 0) is 11.3 Å². The van der Waals surface area contributed by atoms with Crippen LogP contribution in [0.4, 0.5) is 0 Å². The number of aromatic nitrogens is 2.